The first kappa shape index (κ1) is 21.7. The standard InChI is InChI=1S/C22H27N5O2S/c1-5-27(15(2)3)18-10-8-17(9-11-18)23-20(28)14-30-22-24-21(25-26-22)16-6-12-19(29-4)13-7-16/h6-13,15H,5,14H2,1-4H3,(H,23,28)(H,24,25,26). The van der Waals surface area contributed by atoms with E-state index in [1.54, 1.807) is 7.11 Å². The first-order chi connectivity index (χ1) is 14.5. The summed E-state index contributed by atoms with van der Waals surface area (Å²) in [7, 11) is 1.63. The first-order valence-electron chi connectivity index (χ1n) is 9.86. The predicted octanol–water partition coefficient (Wildman–Crippen LogP) is 4.45. The molecule has 0 saturated carbocycles. The third kappa shape index (κ3) is 5.54. The number of H-pyrrole nitrogens is 1. The Kier molecular flexibility index (Phi) is 7.35. The van der Waals surface area contributed by atoms with Gasteiger partial charge in [-0.15, -0.1) is 5.10 Å². The zero-order valence-corrected chi connectivity index (χ0v) is 18.5. The van der Waals surface area contributed by atoms with E-state index in [2.05, 4.69) is 46.2 Å². The van der Waals surface area contributed by atoms with Crippen LogP contribution in [0.5, 0.6) is 5.75 Å². The van der Waals surface area contributed by atoms with Crippen LogP contribution in [-0.4, -0.2) is 46.5 Å². The molecule has 7 nitrogen and oxygen atoms in total. The lowest BCUT2D eigenvalue weighted by atomic mass is 10.2. The summed E-state index contributed by atoms with van der Waals surface area (Å²) in [6, 6.07) is 15.9. The second-order valence-electron chi connectivity index (χ2n) is 6.96. The van der Waals surface area contributed by atoms with Crippen LogP contribution in [0.4, 0.5) is 11.4 Å². The van der Waals surface area contributed by atoms with E-state index in [-0.39, 0.29) is 11.7 Å². The number of nitrogens with zero attached hydrogens (tertiary/aromatic N) is 3. The third-order valence-corrected chi connectivity index (χ3v) is 5.45. The second kappa shape index (κ2) is 10.2. The summed E-state index contributed by atoms with van der Waals surface area (Å²) in [5, 5.41) is 10.5. The first-order valence-corrected chi connectivity index (χ1v) is 10.8. The van der Waals surface area contributed by atoms with E-state index < -0.39 is 0 Å². The van der Waals surface area contributed by atoms with Crippen molar-refractivity contribution >= 4 is 29.0 Å². The number of carbonyl (C=O) groups excluding carboxylic acids is 1. The van der Waals surface area contributed by atoms with Gasteiger partial charge in [0.15, 0.2) is 5.82 Å². The molecule has 0 aliphatic rings. The maximum absolute atomic E-state index is 12.3. The third-order valence-electron chi connectivity index (χ3n) is 4.61. The fourth-order valence-electron chi connectivity index (χ4n) is 3.10. The van der Waals surface area contributed by atoms with Crippen molar-refractivity contribution in [3.63, 3.8) is 0 Å². The molecule has 1 heterocycles. The number of hydrogen-bond acceptors (Lipinski definition) is 6. The van der Waals surface area contributed by atoms with Crippen molar-refractivity contribution in [2.24, 2.45) is 0 Å². The highest BCUT2D eigenvalue weighted by Crippen LogP contribution is 2.23. The molecule has 30 heavy (non-hydrogen) atoms. The monoisotopic (exact) mass is 425 g/mol. The summed E-state index contributed by atoms with van der Waals surface area (Å²) in [6.07, 6.45) is 0. The second-order valence-corrected chi connectivity index (χ2v) is 7.90. The zero-order valence-electron chi connectivity index (χ0n) is 17.7. The lowest BCUT2D eigenvalue weighted by Crippen LogP contribution is -2.30. The Hall–Kier alpha value is -3.00. The van der Waals surface area contributed by atoms with Crippen LogP contribution in [0.2, 0.25) is 0 Å². The van der Waals surface area contributed by atoms with Crippen LogP contribution < -0.4 is 15.0 Å². The minimum absolute atomic E-state index is 0.0974. The Balaban J connectivity index is 1.53. The van der Waals surface area contributed by atoms with Gasteiger partial charge in [0.2, 0.25) is 11.1 Å². The lowest BCUT2D eigenvalue weighted by Gasteiger charge is -2.27. The Morgan fingerprint density at radius 1 is 1.17 bits per heavy atom. The number of anilines is 2. The van der Waals surface area contributed by atoms with E-state index in [4.69, 9.17) is 4.74 Å². The summed E-state index contributed by atoms with van der Waals surface area (Å²) in [4.78, 5) is 19.0. The maximum Gasteiger partial charge on any atom is 0.234 e. The SMILES string of the molecule is CCN(c1ccc(NC(=O)CSc2n[nH]c(-c3ccc(OC)cc3)n2)cc1)C(C)C. The van der Waals surface area contributed by atoms with Gasteiger partial charge in [0.05, 0.1) is 12.9 Å². The summed E-state index contributed by atoms with van der Waals surface area (Å²) in [5.41, 5.74) is 2.83. The normalized spacial score (nSPS) is 10.8. The minimum atomic E-state index is -0.0974. The number of amides is 1. The highest BCUT2D eigenvalue weighted by Gasteiger charge is 2.11. The van der Waals surface area contributed by atoms with Gasteiger partial charge in [-0.2, -0.15) is 0 Å². The van der Waals surface area contributed by atoms with E-state index in [1.807, 2.05) is 48.5 Å². The minimum Gasteiger partial charge on any atom is -0.497 e. The van der Waals surface area contributed by atoms with Crippen LogP contribution in [0.25, 0.3) is 11.4 Å². The van der Waals surface area contributed by atoms with Crippen molar-refractivity contribution in [3.8, 4) is 17.1 Å². The largest absolute Gasteiger partial charge is 0.497 e. The molecule has 0 radical (unpaired) electrons. The van der Waals surface area contributed by atoms with Crippen LogP contribution in [-0.2, 0) is 4.79 Å². The summed E-state index contributed by atoms with van der Waals surface area (Å²) in [6.45, 7) is 7.41. The van der Waals surface area contributed by atoms with E-state index >= 15 is 0 Å². The van der Waals surface area contributed by atoms with Crippen LogP contribution in [0, 0.1) is 0 Å². The van der Waals surface area contributed by atoms with Gasteiger partial charge in [0.1, 0.15) is 5.75 Å². The Bertz CT molecular complexity index is 954. The van der Waals surface area contributed by atoms with Gasteiger partial charge < -0.3 is 15.0 Å². The molecule has 0 bridgehead atoms. The average Bonchev–Trinajstić information content (AvgIpc) is 3.23. The molecule has 2 N–H and O–H groups in total. The van der Waals surface area contributed by atoms with Gasteiger partial charge in [-0.25, -0.2) is 4.98 Å². The smallest absolute Gasteiger partial charge is 0.234 e. The Morgan fingerprint density at radius 3 is 2.47 bits per heavy atom. The topological polar surface area (TPSA) is 83.1 Å². The molecular formula is C22H27N5O2S. The number of aromatic nitrogens is 3. The number of aromatic amines is 1. The number of carbonyl (C=O) groups is 1. The maximum atomic E-state index is 12.3. The van der Waals surface area contributed by atoms with E-state index in [9.17, 15) is 4.79 Å². The molecule has 0 atom stereocenters. The lowest BCUT2D eigenvalue weighted by molar-refractivity contribution is -0.113. The molecular weight excluding hydrogens is 398 g/mol. The molecule has 0 aliphatic carbocycles. The molecule has 1 amide bonds. The molecule has 0 spiro atoms. The number of methoxy groups -OCH3 is 1. The van der Waals surface area contributed by atoms with E-state index in [1.165, 1.54) is 11.8 Å². The fraction of sp³-hybridized carbons (Fsp3) is 0.318. The number of nitrogens with one attached hydrogen (secondary N) is 2. The van der Waals surface area contributed by atoms with Crippen molar-refractivity contribution in [2.45, 2.75) is 32.0 Å². The highest BCUT2D eigenvalue weighted by molar-refractivity contribution is 7.99. The molecule has 0 saturated heterocycles. The molecule has 8 heteroatoms. The molecule has 0 aliphatic heterocycles. The fourth-order valence-corrected chi connectivity index (χ4v) is 3.70. The van der Waals surface area contributed by atoms with Gasteiger partial charge in [0, 0.05) is 29.5 Å². The molecule has 1 aromatic heterocycles. The van der Waals surface area contributed by atoms with Crippen LogP contribution >= 0.6 is 11.8 Å². The Morgan fingerprint density at radius 2 is 1.87 bits per heavy atom. The Labute approximate surface area is 181 Å². The quantitative estimate of drug-likeness (QED) is 0.493. The molecule has 0 fully saturated rings. The molecule has 2 aromatic carbocycles. The number of hydrogen-bond donors (Lipinski definition) is 2. The van der Waals surface area contributed by atoms with Gasteiger partial charge in [0.25, 0.3) is 0 Å². The summed E-state index contributed by atoms with van der Waals surface area (Å²) < 4.78 is 5.16. The molecule has 3 aromatic rings. The van der Waals surface area contributed by atoms with Gasteiger partial charge in [-0.3, -0.25) is 9.89 Å². The molecule has 158 valence electrons. The van der Waals surface area contributed by atoms with Crippen molar-refractivity contribution in [3.05, 3.63) is 48.5 Å². The van der Waals surface area contributed by atoms with Crippen LogP contribution in [0.1, 0.15) is 20.8 Å². The molecule has 0 unspecified atom stereocenters. The van der Waals surface area contributed by atoms with E-state index in [0.717, 1.165) is 29.2 Å². The predicted molar refractivity (Wildman–Crippen MR) is 122 cm³/mol. The van der Waals surface area contributed by atoms with Gasteiger partial charge >= 0.3 is 0 Å². The van der Waals surface area contributed by atoms with Crippen molar-refractivity contribution in [1.82, 2.24) is 15.2 Å². The van der Waals surface area contributed by atoms with E-state index in [0.29, 0.717) is 17.0 Å². The zero-order chi connectivity index (χ0) is 21.5. The van der Waals surface area contributed by atoms with Crippen LogP contribution in [0.3, 0.4) is 0 Å². The number of benzene rings is 2. The van der Waals surface area contributed by atoms with Crippen molar-refractivity contribution in [1.29, 1.82) is 0 Å². The van der Waals surface area contributed by atoms with Crippen molar-refractivity contribution < 1.29 is 9.53 Å². The van der Waals surface area contributed by atoms with Crippen LogP contribution in [0.15, 0.2) is 53.7 Å². The van der Waals surface area contributed by atoms with Gasteiger partial charge in [-0.1, -0.05) is 11.8 Å². The number of ether oxygens (including phenoxy) is 1. The summed E-state index contributed by atoms with van der Waals surface area (Å²) >= 11 is 1.29. The van der Waals surface area contributed by atoms with Gasteiger partial charge in [-0.05, 0) is 69.3 Å². The molecule has 3 rings (SSSR count). The number of thioether (sulfide) groups is 1. The number of rotatable bonds is 9. The van der Waals surface area contributed by atoms with Crippen molar-refractivity contribution in [2.75, 3.05) is 29.6 Å². The summed E-state index contributed by atoms with van der Waals surface area (Å²) in [5.74, 6) is 1.57. The average molecular weight is 426 g/mol. The highest BCUT2D eigenvalue weighted by atomic mass is 32.2.